The van der Waals surface area contributed by atoms with Gasteiger partial charge in [-0.3, -0.25) is 4.79 Å². The van der Waals surface area contributed by atoms with Crippen LogP contribution in [0.3, 0.4) is 0 Å². The van der Waals surface area contributed by atoms with Gasteiger partial charge in [0, 0.05) is 6.92 Å². The van der Waals surface area contributed by atoms with Crippen LogP contribution < -0.4 is 0 Å². The minimum atomic E-state index is -0.167. The van der Waals surface area contributed by atoms with Crippen molar-refractivity contribution >= 4 is 5.97 Å². The molecular formula is C31H48O2. The number of rotatable bonds is 6. The van der Waals surface area contributed by atoms with E-state index in [4.69, 9.17) is 4.74 Å². The molecule has 0 spiro atoms. The number of esters is 1. The Hall–Kier alpha value is -1.31. The standard InChI is InChI=1S/C31H48O2/c1-19(2)20(3)9-10-21(4)25-13-14-27-24-11-12-26-22(5)29(33-23(6)32)16-18-31(26,8)28(24)15-17-30(25,27)7/h19,21,25-26,28-29H,3,5,9-18H2,1-2,4,6-8H3. The molecule has 184 valence electrons. The van der Waals surface area contributed by atoms with Gasteiger partial charge >= 0.3 is 5.97 Å². The predicted molar refractivity (Wildman–Crippen MR) is 138 cm³/mol. The second kappa shape index (κ2) is 9.04. The van der Waals surface area contributed by atoms with E-state index in [-0.39, 0.29) is 17.5 Å². The quantitative estimate of drug-likeness (QED) is 0.298. The van der Waals surface area contributed by atoms with Crippen molar-refractivity contribution in [3.05, 3.63) is 35.5 Å². The first-order chi connectivity index (χ1) is 15.5. The Morgan fingerprint density at radius 1 is 1.06 bits per heavy atom. The third kappa shape index (κ3) is 4.19. The van der Waals surface area contributed by atoms with E-state index in [1.165, 1.54) is 69.4 Å². The average Bonchev–Trinajstić information content (AvgIpc) is 3.11. The zero-order valence-electron chi connectivity index (χ0n) is 22.3. The normalized spacial score (nSPS) is 39.1. The molecule has 0 radical (unpaired) electrons. The molecule has 3 saturated carbocycles. The Kier molecular flexibility index (Phi) is 6.80. The Balaban J connectivity index is 1.54. The summed E-state index contributed by atoms with van der Waals surface area (Å²) in [6, 6.07) is 0. The SMILES string of the molecule is C=C(CCC(C)C1CCC2=C3CCC4C(=C)C(OC(C)=O)CCC4(C)C3CCC21C)C(C)C. The third-order valence-electron chi connectivity index (χ3n) is 10.8. The smallest absolute Gasteiger partial charge is 0.303 e. The fourth-order valence-corrected chi connectivity index (χ4v) is 8.71. The monoisotopic (exact) mass is 452 g/mol. The molecule has 4 aliphatic carbocycles. The zero-order chi connectivity index (χ0) is 24.1. The summed E-state index contributed by atoms with van der Waals surface area (Å²) in [6.07, 6.45) is 12.3. The van der Waals surface area contributed by atoms with E-state index in [0.29, 0.717) is 23.2 Å². The van der Waals surface area contributed by atoms with Crippen LogP contribution in [-0.4, -0.2) is 12.1 Å². The second-order valence-electron chi connectivity index (χ2n) is 12.8. The minimum Gasteiger partial charge on any atom is -0.458 e. The van der Waals surface area contributed by atoms with Crippen molar-refractivity contribution in [1.82, 2.24) is 0 Å². The molecule has 0 heterocycles. The first kappa shape index (κ1) is 24.8. The van der Waals surface area contributed by atoms with Crippen LogP contribution in [0.25, 0.3) is 0 Å². The highest BCUT2D eigenvalue weighted by molar-refractivity contribution is 5.66. The molecule has 4 rings (SSSR count). The van der Waals surface area contributed by atoms with Gasteiger partial charge < -0.3 is 4.74 Å². The summed E-state index contributed by atoms with van der Waals surface area (Å²) in [5.74, 6) is 3.22. The van der Waals surface area contributed by atoms with Crippen LogP contribution in [0.2, 0.25) is 0 Å². The molecule has 0 amide bonds. The molecule has 4 aliphatic rings. The van der Waals surface area contributed by atoms with Crippen LogP contribution in [0.4, 0.5) is 0 Å². The molecule has 0 aromatic carbocycles. The molecule has 7 atom stereocenters. The van der Waals surface area contributed by atoms with Gasteiger partial charge in [-0.1, -0.05) is 64.5 Å². The van der Waals surface area contributed by atoms with Gasteiger partial charge in [-0.25, -0.2) is 0 Å². The molecule has 3 fully saturated rings. The van der Waals surface area contributed by atoms with Gasteiger partial charge in [-0.15, -0.1) is 0 Å². The lowest BCUT2D eigenvalue weighted by molar-refractivity contribution is -0.147. The molecule has 7 unspecified atom stereocenters. The maximum atomic E-state index is 11.6. The first-order valence-corrected chi connectivity index (χ1v) is 13.7. The Bertz CT molecular complexity index is 847. The highest BCUT2D eigenvalue weighted by Crippen LogP contribution is 2.66. The van der Waals surface area contributed by atoms with Crippen molar-refractivity contribution in [2.45, 2.75) is 112 Å². The number of allylic oxidation sites excluding steroid dienone is 3. The molecule has 0 aromatic heterocycles. The van der Waals surface area contributed by atoms with Crippen molar-refractivity contribution in [2.75, 3.05) is 0 Å². The Labute approximate surface area is 203 Å². The van der Waals surface area contributed by atoms with Gasteiger partial charge in [0.05, 0.1) is 0 Å². The van der Waals surface area contributed by atoms with E-state index in [1.54, 1.807) is 0 Å². The van der Waals surface area contributed by atoms with Crippen LogP contribution in [0, 0.1) is 40.4 Å². The third-order valence-corrected chi connectivity index (χ3v) is 10.8. The zero-order valence-corrected chi connectivity index (χ0v) is 22.3. The van der Waals surface area contributed by atoms with E-state index in [9.17, 15) is 4.79 Å². The summed E-state index contributed by atoms with van der Waals surface area (Å²) >= 11 is 0. The average molecular weight is 453 g/mol. The van der Waals surface area contributed by atoms with Gasteiger partial charge in [0.15, 0.2) is 0 Å². The first-order valence-electron chi connectivity index (χ1n) is 13.7. The van der Waals surface area contributed by atoms with E-state index in [0.717, 1.165) is 24.7 Å². The van der Waals surface area contributed by atoms with Crippen LogP contribution in [-0.2, 0) is 9.53 Å². The number of hydrogen-bond acceptors (Lipinski definition) is 2. The molecule has 0 saturated heterocycles. The van der Waals surface area contributed by atoms with Crippen LogP contribution in [0.1, 0.15) is 106 Å². The van der Waals surface area contributed by atoms with Crippen molar-refractivity contribution in [2.24, 2.45) is 40.4 Å². The summed E-state index contributed by atoms with van der Waals surface area (Å²) < 4.78 is 5.66. The number of ether oxygens (including phenoxy) is 1. The van der Waals surface area contributed by atoms with Crippen molar-refractivity contribution < 1.29 is 9.53 Å². The molecule has 0 N–H and O–H groups in total. The van der Waals surface area contributed by atoms with Gasteiger partial charge in [-0.2, -0.15) is 0 Å². The lowest BCUT2D eigenvalue weighted by Crippen LogP contribution is -2.49. The molecule has 2 heteroatoms. The molecule has 2 nitrogen and oxygen atoms in total. The summed E-state index contributed by atoms with van der Waals surface area (Å²) in [7, 11) is 0. The van der Waals surface area contributed by atoms with Crippen LogP contribution in [0.15, 0.2) is 35.5 Å². The fraction of sp³-hybridized carbons (Fsp3) is 0.774. The van der Waals surface area contributed by atoms with Gasteiger partial charge in [0.1, 0.15) is 6.10 Å². The number of hydrogen-bond donors (Lipinski definition) is 0. The summed E-state index contributed by atoms with van der Waals surface area (Å²) in [6.45, 7) is 22.6. The number of fused-ring (bicyclic) bond motifs is 4. The van der Waals surface area contributed by atoms with E-state index >= 15 is 0 Å². The lowest BCUT2D eigenvalue weighted by atomic mass is 9.48. The fourth-order valence-electron chi connectivity index (χ4n) is 8.71. The molecular weight excluding hydrogens is 404 g/mol. The lowest BCUT2D eigenvalue weighted by Gasteiger charge is -2.57. The highest BCUT2D eigenvalue weighted by atomic mass is 16.5. The van der Waals surface area contributed by atoms with E-state index in [2.05, 4.69) is 47.8 Å². The van der Waals surface area contributed by atoms with Crippen molar-refractivity contribution in [1.29, 1.82) is 0 Å². The van der Waals surface area contributed by atoms with Crippen molar-refractivity contribution in [3.63, 3.8) is 0 Å². The molecule has 0 aliphatic heterocycles. The maximum Gasteiger partial charge on any atom is 0.303 e. The largest absolute Gasteiger partial charge is 0.458 e. The van der Waals surface area contributed by atoms with E-state index < -0.39 is 0 Å². The van der Waals surface area contributed by atoms with Gasteiger partial charge in [-0.05, 0) is 110 Å². The number of carbonyl (C=O) groups excluding carboxylic acids is 1. The van der Waals surface area contributed by atoms with Crippen LogP contribution in [0.5, 0.6) is 0 Å². The second-order valence-corrected chi connectivity index (χ2v) is 12.8. The minimum absolute atomic E-state index is 0.0686. The van der Waals surface area contributed by atoms with Gasteiger partial charge in [0.25, 0.3) is 0 Å². The van der Waals surface area contributed by atoms with E-state index in [1.807, 2.05) is 11.1 Å². The highest BCUT2D eigenvalue weighted by Gasteiger charge is 2.56. The van der Waals surface area contributed by atoms with Gasteiger partial charge in [0.2, 0.25) is 0 Å². The summed E-state index contributed by atoms with van der Waals surface area (Å²) in [4.78, 5) is 11.6. The molecule has 0 aromatic rings. The summed E-state index contributed by atoms with van der Waals surface area (Å²) in [5.41, 5.74) is 6.99. The van der Waals surface area contributed by atoms with Crippen molar-refractivity contribution in [3.8, 4) is 0 Å². The van der Waals surface area contributed by atoms with Crippen LogP contribution >= 0.6 is 0 Å². The summed E-state index contributed by atoms with van der Waals surface area (Å²) in [5, 5.41) is 0. The number of carbonyl (C=O) groups is 1. The Morgan fingerprint density at radius 2 is 1.79 bits per heavy atom. The topological polar surface area (TPSA) is 26.3 Å². The maximum absolute atomic E-state index is 11.6. The predicted octanol–water partition coefficient (Wildman–Crippen LogP) is 8.44. The molecule has 33 heavy (non-hydrogen) atoms. The Morgan fingerprint density at radius 3 is 2.45 bits per heavy atom. The molecule has 0 bridgehead atoms.